The van der Waals surface area contributed by atoms with Crippen LogP contribution in [0.4, 0.5) is 0 Å². The molecule has 0 amide bonds. The van der Waals surface area contributed by atoms with Crippen LogP contribution in [0.15, 0.2) is 158 Å². The number of rotatable bonds is 4. The smallest absolute Gasteiger partial charge is 0.161 e. The molecule has 0 unspecified atom stereocenters. The topological polar surface area (TPSA) is 25.8 Å². The maximum atomic E-state index is 5.35. The number of aromatic nitrogens is 2. The fraction of sp³-hybridized carbons (Fsp3) is 0.120. The molecule has 2 aliphatic rings. The van der Waals surface area contributed by atoms with Crippen molar-refractivity contribution in [3.8, 4) is 67.3 Å². The van der Waals surface area contributed by atoms with Crippen LogP contribution >= 0.6 is 0 Å². The molecule has 10 rings (SSSR count). The standard InChI is InChI=1S/C50H38N2/c1-49(2)42-20-12-10-18-37(42)39-24-22-32(28-44(39)49)34-26-27-41(36-17-9-8-16-35(34)36)48-51-46(31-14-6-5-7-15-31)30-47(52-48)33-23-25-40-38-19-11-13-21-43(38)50(3,4)45(40)29-33/h5-30H,1-4H3. The van der Waals surface area contributed by atoms with Gasteiger partial charge in [0, 0.05) is 27.5 Å². The van der Waals surface area contributed by atoms with Crippen LogP contribution in [0.25, 0.3) is 78.1 Å². The summed E-state index contributed by atoms with van der Waals surface area (Å²) in [4.78, 5) is 10.6. The molecule has 2 heteroatoms. The van der Waals surface area contributed by atoms with E-state index in [0.717, 1.165) is 39.3 Å². The van der Waals surface area contributed by atoms with E-state index in [2.05, 4.69) is 185 Å². The van der Waals surface area contributed by atoms with Crippen LogP contribution in [0, 0.1) is 0 Å². The highest BCUT2D eigenvalue weighted by atomic mass is 14.9. The van der Waals surface area contributed by atoms with Gasteiger partial charge in [0.2, 0.25) is 0 Å². The highest BCUT2D eigenvalue weighted by Crippen LogP contribution is 2.51. The van der Waals surface area contributed by atoms with Crippen LogP contribution in [0.2, 0.25) is 0 Å². The molecule has 0 radical (unpaired) electrons. The van der Waals surface area contributed by atoms with Gasteiger partial charge in [-0.25, -0.2) is 9.97 Å². The van der Waals surface area contributed by atoms with Gasteiger partial charge >= 0.3 is 0 Å². The Balaban J connectivity index is 1.13. The van der Waals surface area contributed by atoms with Gasteiger partial charge in [0.1, 0.15) is 0 Å². The Kier molecular flexibility index (Phi) is 6.60. The SMILES string of the molecule is CC1(C)c2ccccc2-c2ccc(-c3cc(-c4ccccc4)nc(-c4ccc(-c5ccc6c(c5)C(C)(C)c5ccccc5-6)c5ccccc45)n3)cc21. The van der Waals surface area contributed by atoms with Gasteiger partial charge in [0.05, 0.1) is 11.4 Å². The van der Waals surface area contributed by atoms with E-state index in [9.17, 15) is 0 Å². The molecular formula is C50H38N2. The average Bonchev–Trinajstić information content (AvgIpc) is 3.56. The van der Waals surface area contributed by atoms with Gasteiger partial charge in [-0.15, -0.1) is 0 Å². The summed E-state index contributed by atoms with van der Waals surface area (Å²) in [5, 5.41) is 2.34. The average molecular weight is 667 g/mol. The molecule has 0 fully saturated rings. The lowest BCUT2D eigenvalue weighted by molar-refractivity contribution is 0.660. The second-order valence-electron chi connectivity index (χ2n) is 15.4. The Morgan fingerprint density at radius 1 is 0.327 bits per heavy atom. The zero-order chi connectivity index (χ0) is 35.2. The Bertz CT molecular complexity index is 2730. The van der Waals surface area contributed by atoms with E-state index in [4.69, 9.17) is 9.97 Å². The van der Waals surface area contributed by atoms with E-state index in [1.54, 1.807) is 0 Å². The van der Waals surface area contributed by atoms with Crippen molar-refractivity contribution in [3.05, 3.63) is 180 Å². The largest absolute Gasteiger partial charge is 0.228 e. The highest BCUT2D eigenvalue weighted by Gasteiger charge is 2.36. The third kappa shape index (κ3) is 4.50. The highest BCUT2D eigenvalue weighted by molar-refractivity contribution is 6.04. The first-order chi connectivity index (χ1) is 25.3. The van der Waals surface area contributed by atoms with Gasteiger partial charge in [-0.3, -0.25) is 0 Å². The molecule has 7 aromatic carbocycles. The summed E-state index contributed by atoms with van der Waals surface area (Å²) in [5.41, 5.74) is 18.1. The summed E-state index contributed by atoms with van der Waals surface area (Å²) in [6.07, 6.45) is 0. The molecule has 2 aliphatic carbocycles. The first-order valence-electron chi connectivity index (χ1n) is 18.3. The van der Waals surface area contributed by atoms with E-state index in [1.165, 1.54) is 61.0 Å². The van der Waals surface area contributed by atoms with Gasteiger partial charge in [-0.2, -0.15) is 0 Å². The fourth-order valence-corrected chi connectivity index (χ4v) is 8.95. The van der Waals surface area contributed by atoms with E-state index in [0.29, 0.717) is 0 Å². The molecule has 0 spiro atoms. The molecule has 0 saturated carbocycles. The van der Waals surface area contributed by atoms with E-state index < -0.39 is 0 Å². The van der Waals surface area contributed by atoms with Gasteiger partial charge in [0.25, 0.3) is 0 Å². The third-order valence-corrected chi connectivity index (χ3v) is 11.7. The second kappa shape index (κ2) is 11.2. The molecule has 0 atom stereocenters. The zero-order valence-electron chi connectivity index (χ0n) is 29.9. The quantitative estimate of drug-likeness (QED) is 0.187. The minimum Gasteiger partial charge on any atom is -0.228 e. The summed E-state index contributed by atoms with van der Waals surface area (Å²) in [5.74, 6) is 0.729. The maximum Gasteiger partial charge on any atom is 0.161 e. The number of nitrogens with zero attached hydrogens (tertiary/aromatic N) is 2. The molecule has 0 N–H and O–H groups in total. The second-order valence-corrected chi connectivity index (χ2v) is 15.4. The Labute approximate surface area is 305 Å². The van der Waals surface area contributed by atoms with Gasteiger partial charge in [0.15, 0.2) is 5.82 Å². The predicted molar refractivity (Wildman–Crippen MR) is 216 cm³/mol. The first kappa shape index (κ1) is 30.7. The summed E-state index contributed by atoms with van der Waals surface area (Å²) in [7, 11) is 0. The lowest BCUT2D eigenvalue weighted by Crippen LogP contribution is -2.14. The van der Waals surface area contributed by atoms with Gasteiger partial charge in [-0.05, 0) is 90.7 Å². The van der Waals surface area contributed by atoms with Crippen molar-refractivity contribution >= 4 is 10.8 Å². The Morgan fingerprint density at radius 2 is 0.769 bits per heavy atom. The Morgan fingerprint density at radius 3 is 1.40 bits per heavy atom. The van der Waals surface area contributed by atoms with Gasteiger partial charge in [-0.1, -0.05) is 161 Å². The molecular weight excluding hydrogens is 629 g/mol. The number of hydrogen-bond acceptors (Lipinski definition) is 2. The number of hydrogen-bond donors (Lipinski definition) is 0. The molecule has 1 heterocycles. The van der Waals surface area contributed by atoms with Crippen molar-refractivity contribution in [3.63, 3.8) is 0 Å². The van der Waals surface area contributed by atoms with Crippen LogP contribution in [0.5, 0.6) is 0 Å². The number of benzene rings is 7. The fourth-order valence-electron chi connectivity index (χ4n) is 8.95. The van der Waals surface area contributed by atoms with Crippen LogP contribution in [0.1, 0.15) is 49.9 Å². The Hall–Kier alpha value is -6.12. The van der Waals surface area contributed by atoms with Crippen molar-refractivity contribution in [2.75, 3.05) is 0 Å². The van der Waals surface area contributed by atoms with Gasteiger partial charge < -0.3 is 0 Å². The van der Waals surface area contributed by atoms with E-state index in [1.807, 2.05) is 0 Å². The normalized spacial score (nSPS) is 14.5. The molecule has 0 bridgehead atoms. The molecule has 1 aromatic heterocycles. The lowest BCUT2D eigenvalue weighted by Gasteiger charge is -2.22. The van der Waals surface area contributed by atoms with Crippen LogP contribution < -0.4 is 0 Å². The molecule has 0 saturated heterocycles. The van der Waals surface area contributed by atoms with Crippen molar-refractivity contribution in [2.45, 2.75) is 38.5 Å². The first-order valence-corrected chi connectivity index (χ1v) is 18.3. The minimum absolute atomic E-state index is 0.0602. The predicted octanol–water partition coefficient (Wildman–Crippen LogP) is 12.9. The summed E-state index contributed by atoms with van der Waals surface area (Å²) in [6.45, 7) is 9.35. The maximum absolute atomic E-state index is 5.35. The van der Waals surface area contributed by atoms with Crippen LogP contribution in [-0.2, 0) is 10.8 Å². The van der Waals surface area contributed by atoms with Crippen molar-refractivity contribution < 1.29 is 0 Å². The van der Waals surface area contributed by atoms with E-state index >= 15 is 0 Å². The zero-order valence-corrected chi connectivity index (χ0v) is 29.9. The molecule has 8 aromatic rings. The summed E-state index contributed by atoms with van der Waals surface area (Å²) >= 11 is 0. The lowest BCUT2D eigenvalue weighted by atomic mass is 9.81. The minimum atomic E-state index is -0.0956. The molecule has 0 aliphatic heterocycles. The summed E-state index contributed by atoms with van der Waals surface area (Å²) < 4.78 is 0. The van der Waals surface area contributed by atoms with Crippen molar-refractivity contribution in [1.29, 1.82) is 0 Å². The van der Waals surface area contributed by atoms with Crippen molar-refractivity contribution in [1.82, 2.24) is 9.97 Å². The molecule has 2 nitrogen and oxygen atoms in total. The number of fused-ring (bicyclic) bond motifs is 7. The monoisotopic (exact) mass is 666 g/mol. The molecule has 248 valence electrons. The molecule has 52 heavy (non-hydrogen) atoms. The van der Waals surface area contributed by atoms with Crippen LogP contribution in [-0.4, -0.2) is 9.97 Å². The van der Waals surface area contributed by atoms with Crippen molar-refractivity contribution in [2.24, 2.45) is 0 Å². The van der Waals surface area contributed by atoms with E-state index in [-0.39, 0.29) is 10.8 Å². The third-order valence-electron chi connectivity index (χ3n) is 11.7. The summed E-state index contributed by atoms with van der Waals surface area (Å²) in [6, 6.07) is 57.3. The van der Waals surface area contributed by atoms with Crippen LogP contribution in [0.3, 0.4) is 0 Å².